The third-order valence-electron chi connectivity index (χ3n) is 1.63. The summed E-state index contributed by atoms with van der Waals surface area (Å²) in [4.78, 5) is 0. The first-order valence-electron chi connectivity index (χ1n) is 4.68. The number of hydrogen-bond acceptors (Lipinski definition) is 0. The number of quaternary nitrogens is 1. The molecule has 0 aliphatic heterocycles. The molecule has 0 unspecified atom stereocenters. The summed E-state index contributed by atoms with van der Waals surface area (Å²) in [5, 5.41) is 0. The second kappa shape index (κ2) is 8.79. The van der Waals surface area contributed by atoms with E-state index < -0.39 is 0 Å². The lowest BCUT2D eigenvalue weighted by Gasteiger charge is -2.20. The van der Waals surface area contributed by atoms with Crippen LogP contribution in [0.15, 0.2) is 49.1 Å². The van der Waals surface area contributed by atoms with Crippen molar-refractivity contribution < 1.29 is 16.9 Å². The maximum Gasteiger partial charge on any atom is 0.105 e. The minimum Gasteiger partial charge on any atom is -1.00 e. The monoisotopic (exact) mass is 213 g/mol. The fraction of sp³-hybridized carbons (Fsp3) is 0.333. The average molecular weight is 214 g/mol. The van der Waals surface area contributed by atoms with E-state index in [0.717, 1.165) is 0 Å². The maximum atomic E-state index is 2.12. The highest BCUT2D eigenvalue weighted by Crippen LogP contribution is 2.13. The molecule has 0 heterocycles. The van der Waals surface area contributed by atoms with Crippen LogP contribution in [0.1, 0.15) is 27.7 Å². The van der Waals surface area contributed by atoms with Crippen LogP contribution in [0.3, 0.4) is 0 Å². The zero-order chi connectivity index (χ0) is 10.2. The number of nitrogens with zero attached hydrogens (tertiary/aromatic N) is 1. The van der Waals surface area contributed by atoms with Crippen LogP contribution >= 0.6 is 0 Å². The topological polar surface area (TPSA) is 0 Å². The van der Waals surface area contributed by atoms with E-state index in [1.807, 2.05) is 27.7 Å². The molecule has 0 N–H and O–H groups in total. The Morgan fingerprint density at radius 3 is 0.929 bits per heavy atom. The largest absolute Gasteiger partial charge is 1.00 e. The number of rotatable bonds is 4. The van der Waals surface area contributed by atoms with E-state index in [4.69, 9.17) is 0 Å². The standard InChI is InChI=1S/C12H20N.ClH/c1-5-9-13(10-6-2,11-7-3)12-8-4;/h5-12H,1-4H3;1H/q+1;/p-1. The van der Waals surface area contributed by atoms with Gasteiger partial charge in [-0.05, 0) is 52.0 Å². The first-order valence-corrected chi connectivity index (χ1v) is 4.68. The van der Waals surface area contributed by atoms with E-state index in [-0.39, 0.29) is 12.4 Å². The summed E-state index contributed by atoms with van der Waals surface area (Å²) in [5.41, 5.74) is 0. The van der Waals surface area contributed by atoms with Gasteiger partial charge in [0.15, 0.2) is 0 Å². The zero-order valence-corrected chi connectivity index (χ0v) is 10.2. The Hall–Kier alpha value is -0.790. The third kappa shape index (κ3) is 5.05. The highest BCUT2D eigenvalue weighted by atomic mass is 35.5. The minimum atomic E-state index is 0. The number of hydrogen-bond donors (Lipinski definition) is 0. The van der Waals surface area contributed by atoms with Gasteiger partial charge in [0.1, 0.15) is 24.8 Å². The summed E-state index contributed by atoms with van der Waals surface area (Å²) in [6.45, 7) is 8.12. The van der Waals surface area contributed by atoms with Crippen LogP contribution in [-0.4, -0.2) is 4.48 Å². The summed E-state index contributed by atoms with van der Waals surface area (Å²) in [6.07, 6.45) is 16.7. The first kappa shape index (κ1) is 15.7. The molecule has 80 valence electrons. The van der Waals surface area contributed by atoms with Gasteiger partial charge in [0.2, 0.25) is 0 Å². The Kier molecular flexibility index (Phi) is 9.84. The van der Waals surface area contributed by atoms with Gasteiger partial charge in [-0.3, -0.25) is 0 Å². The third-order valence-corrected chi connectivity index (χ3v) is 1.63. The molecule has 0 aliphatic rings. The minimum absolute atomic E-state index is 0. The molecule has 0 aromatic heterocycles. The summed E-state index contributed by atoms with van der Waals surface area (Å²) in [6, 6.07) is 0. The molecule has 0 rings (SSSR count). The molecule has 0 saturated carbocycles. The molecule has 2 heteroatoms. The maximum absolute atomic E-state index is 2.12. The van der Waals surface area contributed by atoms with Crippen LogP contribution in [0.4, 0.5) is 0 Å². The first-order chi connectivity index (χ1) is 6.24. The Morgan fingerprint density at radius 1 is 0.571 bits per heavy atom. The second-order valence-corrected chi connectivity index (χ2v) is 2.82. The predicted octanol–water partition coefficient (Wildman–Crippen LogP) is 0.942. The fourth-order valence-corrected chi connectivity index (χ4v) is 1.33. The molecule has 0 aromatic rings. The Labute approximate surface area is 94.1 Å². The van der Waals surface area contributed by atoms with Gasteiger partial charge in [-0.2, -0.15) is 0 Å². The van der Waals surface area contributed by atoms with Crippen molar-refractivity contribution in [1.29, 1.82) is 0 Å². The van der Waals surface area contributed by atoms with Gasteiger partial charge in [0, 0.05) is 0 Å². The normalized spacial score (nSPS) is 16.9. The van der Waals surface area contributed by atoms with Crippen LogP contribution in [0.25, 0.3) is 0 Å². The molecule has 0 radical (unpaired) electrons. The number of allylic oxidation sites excluding steroid dienone is 4. The van der Waals surface area contributed by atoms with Crippen molar-refractivity contribution >= 4 is 0 Å². The Bertz CT molecular complexity index is 183. The van der Waals surface area contributed by atoms with Gasteiger partial charge in [0.25, 0.3) is 0 Å². The van der Waals surface area contributed by atoms with E-state index >= 15 is 0 Å². The molecule has 14 heavy (non-hydrogen) atoms. The molecule has 0 atom stereocenters. The van der Waals surface area contributed by atoms with Gasteiger partial charge in [-0.1, -0.05) is 0 Å². The Morgan fingerprint density at radius 2 is 0.786 bits per heavy atom. The SMILES string of the molecule is CC=C[N+](C=CC)(C=CC)C=CC.[Cl-]. The summed E-state index contributed by atoms with van der Waals surface area (Å²) < 4.78 is 0.653. The molecule has 1 nitrogen and oxygen atoms in total. The molecular formula is C12H20ClN. The highest BCUT2D eigenvalue weighted by Gasteiger charge is 2.12. The van der Waals surface area contributed by atoms with Crippen molar-refractivity contribution in [2.45, 2.75) is 27.7 Å². The van der Waals surface area contributed by atoms with Crippen LogP contribution in [-0.2, 0) is 0 Å². The van der Waals surface area contributed by atoms with E-state index in [9.17, 15) is 0 Å². The molecule has 0 aromatic carbocycles. The molecule has 0 saturated heterocycles. The fourth-order valence-electron chi connectivity index (χ4n) is 1.33. The second-order valence-electron chi connectivity index (χ2n) is 2.82. The van der Waals surface area contributed by atoms with Crippen molar-refractivity contribution in [3.63, 3.8) is 0 Å². The summed E-state index contributed by atoms with van der Waals surface area (Å²) in [5.74, 6) is 0. The molecule has 0 amide bonds. The molecule has 0 bridgehead atoms. The zero-order valence-electron chi connectivity index (χ0n) is 9.44. The van der Waals surface area contributed by atoms with Gasteiger partial charge in [-0.25, -0.2) is 4.48 Å². The average Bonchev–Trinajstić information content (AvgIpc) is 2.06. The van der Waals surface area contributed by atoms with Gasteiger partial charge < -0.3 is 12.4 Å². The van der Waals surface area contributed by atoms with Gasteiger partial charge in [0.05, 0.1) is 0 Å². The lowest BCUT2D eigenvalue weighted by molar-refractivity contribution is -0.714. The van der Waals surface area contributed by atoms with Crippen molar-refractivity contribution in [1.82, 2.24) is 0 Å². The smallest absolute Gasteiger partial charge is 0.105 e. The van der Waals surface area contributed by atoms with Crippen molar-refractivity contribution in [2.75, 3.05) is 0 Å². The van der Waals surface area contributed by atoms with Crippen molar-refractivity contribution in [3.05, 3.63) is 49.1 Å². The van der Waals surface area contributed by atoms with Crippen LogP contribution in [0, 0.1) is 0 Å². The predicted molar refractivity (Wildman–Crippen MR) is 59.5 cm³/mol. The van der Waals surface area contributed by atoms with Gasteiger partial charge in [-0.15, -0.1) is 0 Å². The molecular weight excluding hydrogens is 194 g/mol. The highest BCUT2D eigenvalue weighted by molar-refractivity contribution is 4.90. The molecule has 0 spiro atoms. The van der Waals surface area contributed by atoms with E-state index in [0.29, 0.717) is 4.48 Å². The summed E-state index contributed by atoms with van der Waals surface area (Å²) >= 11 is 0. The lowest BCUT2D eigenvalue weighted by Crippen LogP contribution is -3.00. The molecule has 0 fully saturated rings. The van der Waals surface area contributed by atoms with E-state index in [2.05, 4.69) is 49.1 Å². The van der Waals surface area contributed by atoms with E-state index in [1.165, 1.54) is 0 Å². The summed E-state index contributed by atoms with van der Waals surface area (Å²) in [7, 11) is 0. The molecule has 0 aliphatic carbocycles. The van der Waals surface area contributed by atoms with Crippen LogP contribution < -0.4 is 12.4 Å². The van der Waals surface area contributed by atoms with E-state index in [1.54, 1.807) is 0 Å². The van der Waals surface area contributed by atoms with Crippen molar-refractivity contribution in [3.8, 4) is 0 Å². The number of halogens is 1. The Balaban J connectivity index is 0. The van der Waals surface area contributed by atoms with Crippen LogP contribution in [0.5, 0.6) is 0 Å². The van der Waals surface area contributed by atoms with Gasteiger partial charge >= 0.3 is 0 Å². The lowest BCUT2D eigenvalue weighted by atomic mass is 10.4. The quantitative estimate of drug-likeness (QED) is 0.610. The van der Waals surface area contributed by atoms with Crippen molar-refractivity contribution in [2.24, 2.45) is 0 Å². The van der Waals surface area contributed by atoms with Crippen LogP contribution in [0.2, 0.25) is 0 Å².